The van der Waals surface area contributed by atoms with Gasteiger partial charge in [0.05, 0.1) is 16.2 Å². The number of likely N-dealkylation sites (tertiary alicyclic amines) is 1. The Kier molecular flexibility index (Phi) is 8.10. The lowest BCUT2D eigenvalue weighted by Gasteiger charge is -2.34. The van der Waals surface area contributed by atoms with Crippen LogP contribution in [0.2, 0.25) is 0 Å². The Bertz CT molecular complexity index is 1560. The minimum atomic E-state index is -3.72. The summed E-state index contributed by atoms with van der Waals surface area (Å²) in [6, 6.07) is 12.5. The number of Topliss-reactive ketones (excluding diaryl/α,β-unsaturated/α-hetero) is 1. The molecule has 5 rings (SSSR count). The number of anilines is 1. The Morgan fingerprint density at radius 3 is 2.33 bits per heavy atom. The minimum Gasteiger partial charge on any atom is -0.507 e. The summed E-state index contributed by atoms with van der Waals surface area (Å²) in [5, 5.41) is 11.7. The van der Waals surface area contributed by atoms with Crippen LogP contribution in [0.4, 0.5) is 5.69 Å². The molecule has 1 spiro atoms. The second-order valence-electron chi connectivity index (χ2n) is 11.1. The van der Waals surface area contributed by atoms with Crippen molar-refractivity contribution in [1.29, 1.82) is 0 Å². The van der Waals surface area contributed by atoms with Crippen LogP contribution in [-0.4, -0.2) is 92.0 Å². The Morgan fingerprint density at radius 2 is 1.69 bits per heavy atom. The molecule has 0 aliphatic carbocycles. The number of benzene rings is 2. The number of aliphatic hydroxyl groups is 1. The van der Waals surface area contributed by atoms with Gasteiger partial charge in [0, 0.05) is 37.3 Å². The zero-order valence-corrected chi connectivity index (χ0v) is 24.8. The van der Waals surface area contributed by atoms with Crippen LogP contribution in [0.15, 0.2) is 71.7 Å². The molecule has 11 heteroatoms. The second kappa shape index (κ2) is 11.5. The summed E-state index contributed by atoms with van der Waals surface area (Å²) in [6.07, 6.45) is 4.63. The van der Waals surface area contributed by atoms with Gasteiger partial charge in [-0.15, -0.1) is 6.58 Å². The number of ketones is 1. The molecule has 2 aromatic rings. The van der Waals surface area contributed by atoms with Gasteiger partial charge in [-0.2, -0.15) is 4.31 Å². The van der Waals surface area contributed by atoms with Crippen LogP contribution in [0.3, 0.4) is 0 Å². The number of hydrogen-bond acceptors (Lipinski definition) is 7. The van der Waals surface area contributed by atoms with E-state index < -0.39 is 38.9 Å². The van der Waals surface area contributed by atoms with Gasteiger partial charge in [-0.1, -0.05) is 30.7 Å². The van der Waals surface area contributed by atoms with Gasteiger partial charge in [-0.25, -0.2) is 8.42 Å². The summed E-state index contributed by atoms with van der Waals surface area (Å²) in [6.45, 7) is 5.52. The van der Waals surface area contributed by atoms with Crippen LogP contribution in [0.25, 0.3) is 5.76 Å². The van der Waals surface area contributed by atoms with Gasteiger partial charge in [-0.05, 0) is 70.2 Å². The number of carbonyl (C=O) groups excluding carboxylic acids is 3. The van der Waals surface area contributed by atoms with Crippen molar-refractivity contribution in [1.82, 2.24) is 14.1 Å². The molecule has 2 aromatic carbocycles. The lowest BCUT2D eigenvalue weighted by molar-refractivity contribution is -0.143. The molecule has 2 amide bonds. The predicted octanol–water partition coefficient (Wildman–Crippen LogP) is 2.92. The normalized spacial score (nSPS) is 22.4. The van der Waals surface area contributed by atoms with Crippen LogP contribution in [-0.2, 0) is 29.9 Å². The number of fused-ring (bicyclic) bond motifs is 2. The summed E-state index contributed by atoms with van der Waals surface area (Å²) in [5.74, 6) is -2.90. The number of rotatable bonds is 9. The monoisotopic (exact) mass is 592 g/mol. The van der Waals surface area contributed by atoms with Crippen molar-refractivity contribution in [3.05, 3.63) is 77.9 Å². The Labute approximate surface area is 246 Å². The van der Waals surface area contributed by atoms with Crippen molar-refractivity contribution in [3.8, 4) is 0 Å². The van der Waals surface area contributed by atoms with Gasteiger partial charge in [-0.3, -0.25) is 14.4 Å². The van der Waals surface area contributed by atoms with E-state index in [2.05, 4.69) is 6.58 Å². The SMILES string of the molecule is C=CCN1C(=O)[C@]2(C(=C(O)c3ccc(S(=O)(=O)N4CCCCC4)cc3)C(=O)C(=O)N2CCCN(C)C)c2ccccc21. The average Bonchev–Trinajstić information content (AvgIpc) is 3.36. The standard InChI is InChI=1S/C31H36N4O6S/c1-4-17-34-25-12-7-6-11-24(25)31(30(34)39)26(28(37)29(38)35(31)21-10-18-32(2)3)27(36)22-13-15-23(16-14-22)42(40,41)33-19-8-5-9-20-33/h4,6-7,11-16,36H,1,5,8-10,17-21H2,2-3H3/t31-/m1/s1. The van der Waals surface area contributed by atoms with Gasteiger partial charge in [0.2, 0.25) is 10.0 Å². The third-order valence-corrected chi connectivity index (χ3v) is 10.1. The zero-order valence-electron chi connectivity index (χ0n) is 24.0. The number of aliphatic hydroxyl groups excluding tert-OH is 1. The van der Waals surface area contributed by atoms with Crippen molar-refractivity contribution in [2.24, 2.45) is 0 Å². The molecule has 3 aliphatic heterocycles. The van der Waals surface area contributed by atoms with Crippen molar-refractivity contribution in [3.63, 3.8) is 0 Å². The Balaban J connectivity index is 1.65. The third-order valence-electron chi connectivity index (χ3n) is 8.19. The molecule has 3 heterocycles. The first-order valence-electron chi connectivity index (χ1n) is 14.1. The first-order valence-corrected chi connectivity index (χ1v) is 15.6. The topological polar surface area (TPSA) is 119 Å². The maximum atomic E-state index is 14.4. The van der Waals surface area contributed by atoms with E-state index in [1.165, 1.54) is 38.4 Å². The highest BCUT2D eigenvalue weighted by atomic mass is 32.2. The van der Waals surface area contributed by atoms with Gasteiger partial charge in [0.15, 0.2) is 5.54 Å². The van der Waals surface area contributed by atoms with Crippen LogP contribution in [0.5, 0.6) is 0 Å². The number of carbonyl (C=O) groups is 3. The summed E-state index contributed by atoms with van der Waals surface area (Å²) in [5.41, 5.74) is -1.12. The molecule has 0 aromatic heterocycles. The number of amides is 2. The lowest BCUT2D eigenvalue weighted by atomic mass is 9.82. The number of para-hydroxylation sites is 1. The van der Waals surface area contributed by atoms with E-state index in [1.807, 2.05) is 19.0 Å². The molecule has 3 aliphatic rings. The van der Waals surface area contributed by atoms with Crippen molar-refractivity contribution in [2.75, 3.05) is 51.7 Å². The van der Waals surface area contributed by atoms with Gasteiger partial charge < -0.3 is 19.8 Å². The molecule has 10 nitrogen and oxygen atoms in total. The minimum absolute atomic E-state index is 0.0687. The molecular weight excluding hydrogens is 556 g/mol. The van der Waals surface area contributed by atoms with E-state index in [4.69, 9.17) is 0 Å². The van der Waals surface area contributed by atoms with Crippen LogP contribution in [0.1, 0.15) is 36.8 Å². The largest absolute Gasteiger partial charge is 0.507 e. The van der Waals surface area contributed by atoms with Crippen LogP contribution in [0, 0.1) is 0 Å². The van der Waals surface area contributed by atoms with Crippen LogP contribution < -0.4 is 4.90 Å². The zero-order chi connectivity index (χ0) is 30.2. The molecule has 2 saturated heterocycles. The molecule has 0 radical (unpaired) electrons. The predicted molar refractivity (Wildman–Crippen MR) is 159 cm³/mol. The smallest absolute Gasteiger partial charge is 0.296 e. The third kappa shape index (κ3) is 4.65. The molecule has 0 saturated carbocycles. The number of piperidine rings is 1. The van der Waals surface area contributed by atoms with E-state index in [0.29, 0.717) is 37.3 Å². The number of sulfonamides is 1. The molecule has 0 unspecified atom stereocenters. The van der Waals surface area contributed by atoms with Crippen LogP contribution >= 0.6 is 0 Å². The highest BCUT2D eigenvalue weighted by molar-refractivity contribution is 7.89. The quantitative estimate of drug-likeness (QED) is 0.206. The highest BCUT2D eigenvalue weighted by Gasteiger charge is 2.66. The van der Waals surface area contributed by atoms with E-state index in [1.54, 1.807) is 30.3 Å². The fourth-order valence-corrected chi connectivity index (χ4v) is 7.72. The summed E-state index contributed by atoms with van der Waals surface area (Å²) >= 11 is 0. The molecule has 1 N–H and O–H groups in total. The lowest BCUT2D eigenvalue weighted by Crippen LogP contribution is -2.52. The summed E-state index contributed by atoms with van der Waals surface area (Å²) in [7, 11) is 0.0580. The van der Waals surface area contributed by atoms with Gasteiger partial charge in [0.1, 0.15) is 5.76 Å². The molecular formula is C31H36N4O6S. The van der Waals surface area contributed by atoms with Crippen molar-refractivity contribution >= 4 is 39.1 Å². The molecule has 2 fully saturated rings. The second-order valence-corrected chi connectivity index (χ2v) is 13.0. The van der Waals surface area contributed by atoms with Gasteiger partial charge in [0.25, 0.3) is 17.6 Å². The summed E-state index contributed by atoms with van der Waals surface area (Å²) in [4.78, 5) is 46.5. The van der Waals surface area contributed by atoms with E-state index in [9.17, 15) is 27.9 Å². The van der Waals surface area contributed by atoms with E-state index >= 15 is 0 Å². The summed E-state index contributed by atoms with van der Waals surface area (Å²) < 4.78 is 27.8. The van der Waals surface area contributed by atoms with Crippen molar-refractivity contribution in [2.45, 2.75) is 36.1 Å². The number of hydrogen-bond donors (Lipinski definition) is 1. The fraction of sp³-hybridized carbons (Fsp3) is 0.387. The average molecular weight is 593 g/mol. The van der Waals surface area contributed by atoms with Crippen molar-refractivity contribution < 1.29 is 27.9 Å². The molecule has 1 atom stereocenters. The maximum Gasteiger partial charge on any atom is 0.296 e. The van der Waals surface area contributed by atoms with E-state index in [0.717, 1.165) is 19.3 Å². The first-order chi connectivity index (χ1) is 20.1. The molecule has 0 bridgehead atoms. The van der Waals surface area contributed by atoms with Gasteiger partial charge >= 0.3 is 0 Å². The highest BCUT2D eigenvalue weighted by Crippen LogP contribution is 2.53. The molecule has 42 heavy (non-hydrogen) atoms. The maximum absolute atomic E-state index is 14.4. The molecule has 222 valence electrons. The Hall–Kier alpha value is -3.80. The first kappa shape index (κ1) is 29.7. The Morgan fingerprint density at radius 1 is 1.02 bits per heavy atom. The van der Waals surface area contributed by atoms with E-state index in [-0.39, 0.29) is 29.1 Å². The fourth-order valence-electron chi connectivity index (χ4n) is 6.21. The number of nitrogens with zero attached hydrogens (tertiary/aromatic N) is 4.